The summed E-state index contributed by atoms with van der Waals surface area (Å²) in [5.74, 6) is 0. The molecule has 2 N–H and O–H groups in total. The zero-order valence-electron chi connectivity index (χ0n) is 10.5. The minimum absolute atomic E-state index is 0.155. The standard InChI is InChI=1S/C12H18N4O2/c1-14-4-6-15(7-5-14)11-3-2-10(9-13)8-12(11)16(17)18/h2-3,8H,4-7,9,13H2,1H3. The molecule has 1 aromatic carbocycles. The first-order valence-electron chi connectivity index (χ1n) is 6.02. The highest BCUT2D eigenvalue weighted by Crippen LogP contribution is 2.29. The second-order valence-corrected chi connectivity index (χ2v) is 4.57. The maximum Gasteiger partial charge on any atom is 0.292 e. The number of nitrogens with two attached hydrogens (primary N) is 1. The van der Waals surface area contributed by atoms with E-state index in [0.717, 1.165) is 31.7 Å². The molecule has 0 bridgehead atoms. The molecule has 0 atom stereocenters. The molecule has 1 aromatic rings. The molecule has 1 aliphatic heterocycles. The third-order valence-corrected chi connectivity index (χ3v) is 3.32. The Balaban J connectivity index is 2.29. The number of rotatable bonds is 3. The van der Waals surface area contributed by atoms with Gasteiger partial charge in [-0.3, -0.25) is 10.1 Å². The fourth-order valence-electron chi connectivity index (χ4n) is 2.16. The predicted molar refractivity (Wildman–Crippen MR) is 70.7 cm³/mol. The van der Waals surface area contributed by atoms with E-state index < -0.39 is 0 Å². The first-order chi connectivity index (χ1) is 8.61. The van der Waals surface area contributed by atoms with Crippen LogP contribution in [-0.4, -0.2) is 43.0 Å². The van der Waals surface area contributed by atoms with Gasteiger partial charge in [0.15, 0.2) is 0 Å². The molecule has 1 saturated heterocycles. The SMILES string of the molecule is CN1CCN(c2ccc(CN)cc2[N+](=O)[O-])CC1. The largest absolute Gasteiger partial charge is 0.363 e. The lowest BCUT2D eigenvalue weighted by molar-refractivity contribution is -0.384. The number of likely N-dealkylation sites (N-methyl/N-ethyl adjacent to an activating group) is 1. The summed E-state index contributed by atoms with van der Waals surface area (Å²) in [6.07, 6.45) is 0. The minimum Gasteiger partial charge on any atom is -0.363 e. The Morgan fingerprint density at radius 3 is 2.56 bits per heavy atom. The molecule has 98 valence electrons. The van der Waals surface area contributed by atoms with E-state index in [2.05, 4.69) is 16.8 Å². The molecule has 0 saturated carbocycles. The highest BCUT2D eigenvalue weighted by Gasteiger charge is 2.22. The molecule has 18 heavy (non-hydrogen) atoms. The van der Waals surface area contributed by atoms with Gasteiger partial charge in [-0.25, -0.2) is 0 Å². The van der Waals surface area contributed by atoms with Crippen molar-refractivity contribution in [1.29, 1.82) is 0 Å². The summed E-state index contributed by atoms with van der Waals surface area (Å²) in [6.45, 7) is 3.81. The number of hydrogen-bond acceptors (Lipinski definition) is 5. The summed E-state index contributed by atoms with van der Waals surface area (Å²) < 4.78 is 0. The van der Waals surface area contributed by atoms with E-state index in [1.807, 2.05) is 12.1 Å². The van der Waals surface area contributed by atoms with Crippen LogP contribution in [0.15, 0.2) is 18.2 Å². The summed E-state index contributed by atoms with van der Waals surface area (Å²) in [6, 6.07) is 5.25. The first kappa shape index (κ1) is 12.8. The molecule has 1 heterocycles. The normalized spacial score (nSPS) is 16.9. The van der Waals surface area contributed by atoms with Gasteiger partial charge in [-0.2, -0.15) is 0 Å². The van der Waals surface area contributed by atoms with Gasteiger partial charge in [-0.1, -0.05) is 6.07 Å². The van der Waals surface area contributed by atoms with Gasteiger partial charge in [0.1, 0.15) is 5.69 Å². The van der Waals surface area contributed by atoms with Crippen LogP contribution >= 0.6 is 0 Å². The lowest BCUT2D eigenvalue weighted by Crippen LogP contribution is -2.44. The van der Waals surface area contributed by atoms with E-state index >= 15 is 0 Å². The summed E-state index contributed by atoms with van der Waals surface area (Å²) in [4.78, 5) is 15.1. The Morgan fingerprint density at radius 2 is 2.00 bits per heavy atom. The Hall–Kier alpha value is -1.66. The molecule has 2 rings (SSSR count). The molecule has 0 unspecified atom stereocenters. The van der Waals surface area contributed by atoms with Gasteiger partial charge in [0.2, 0.25) is 0 Å². The molecule has 0 radical (unpaired) electrons. The van der Waals surface area contributed by atoms with Crippen LogP contribution in [0.3, 0.4) is 0 Å². The smallest absolute Gasteiger partial charge is 0.292 e. The van der Waals surface area contributed by atoms with Gasteiger partial charge in [0.25, 0.3) is 5.69 Å². The van der Waals surface area contributed by atoms with Crippen molar-refractivity contribution in [2.24, 2.45) is 5.73 Å². The highest BCUT2D eigenvalue weighted by molar-refractivity contribution is 5.64. The summed E-state index contributed by atoms with van der Waals surface area (Å²) in [7, 11) is 2.06. The van der Waals surface area contributed by atoms with Gasteiger partial charge >= 0.3 is 0 Å². The van der Waals surface area contributed by atoms with Crippen LogP contribution in [0.1, 0.15) is 5.56 Å². The van der Waals surface area contributed by atoms with E-state index in [1.165, 1.54) is 0 Å². The maximum atomic E-state index is 11.1. The van der Waals surface area contributed by atoms with Crippen molar-refractivity contribution >= 4 is 11.4 Å². The average Bonchev–Trinajstić information content (AvgIpc) is 2.39. The van der Waals surface area contributed by atoms with Crippen molar-refractivity contribution in [3.05, 3.63) is 33.9 Å². The van der Waals surface area contributed by atoms with Crippen molar-refractivity contribution in [2.75, 3.05) is 38.1 Å². The van der Waals surface area contributed by atoms with E-state index in [1.54, 1.807) is 6.07 Å². The van der Waals surface area contributed by atoms with E-state index in [4.69, 9.17) is 5.73 Å². The van der Waals surface area contributed by atoms with E-state index in [0.29, 0.717) is 12.2 Å². The van der Waals surface area contributed by atoms with Crippen molar-refractivity contribution in [3.63, 3.8) is 0 Å². The van der Waals surface area contributed by atoms with Gasteiger partial charge in [0.05, 0.1) is 4.92 Å². The molecule has 1 aliphatic rings. The van der Waals surface area contributed by atoms with E-state index in [-0.39, 0.29) is 10.6 Å². The fourth-order valence-corrected chi connectivity index (χ4v) is 2.16. The van der Waals surface area contributed by atoms with Gasteiger partial charge in [-0.15, -0.1) is 0 Å². The van der Waals surface area contributed by atoms with Crippen LogP contribution in [0.25, 0.3) is 0 Å². The number of anilines is 1. The molecule has 0 aliphatic carbocycles. The topological polar surface area (TPSA) is 75.6 Å². The Kier molecular flexibility index (Phi) is 3.78. The number of hydrogen-bond donors (Lipinski definition) is 1. The van der Waals surface area contributed by atoms with E-state index in [9.17, 15) is 10.1 Å². The zero-order valence-corrected chi connectivity index (χ0v) is 10.5. The molecular formula is C12H18N4O2. The lowest BCUT2D eigenvalue weighted by Gasteiger charge is -2.33. The van der Waals surface area contributed by atoms with Crippen molar-refractivity contribution in [1.82, 2.24) is 4.90 Å². The molecule has 6 heteroatoms. The Bertz CT molecular complexity index is 442. The third-order valence-electron chi connectivity index (χ3n) is 3.32. The molecule has 1 fully saturated rings. The number of benzene rings is 1. The fraction of sp³-hybridized carbons (Fsp3) is 0.500. The number of piperazine rings is 1. The van der Waals surface area contributed by atoms with Gasteiger partial charge < -0.3 is 15.5 Å². The maximum absolute atomic E-state index is 11.1. The van der Waals surface area contributed by atoms with Crippen LogP contribution in [0.2, 0.25) is 0 Å². The minimum atomic E-state index is -0.327. The second-order valence-electron chi connectivity index (χ2n) is 4.57. The quantitative estimate of drug-likeness (QED) is 0.634. The number of nitrogens with zero attached hydrogens (tertiary/aromatic N) is 3. The molecule has 0 spiro atoms. The second kappa shape index (κ2) is 5.32. The summed E-state index contributed by atoms with van der Waals surface area (Å²) in [5, 5.41) is 11.1. The molecule has 6 nitrogen and oxygen atoms in total. The number of nitro benzene ring substituents is 1. The zero-order chi connectivity index (χ0) is 13.1. The highest BCUT2D eigenvalue weighted by atomic mass is 16.6. The molecule has 0 amide bonds. The van der Waals surface area contributed by atoms with Crippen LogP contribution in [0, 0.1) is 10.1 Å². The summed E-state index contributed by atoms with van der Waals surface area (Å²) >= 11 is 0. The number of nitro groups is 1. The van der Waals surface area contributed by atoms with Crippen LogP contribution < -0.4 is 10.6 Å². The van der Waals surface area contributed by atoms with Crippen molar-refractivity contribution < 1.29 is 4.92 Å². The van der Waals surface area contributed by atoms with Crippen molar-refractivity contribution in [2.45, 2.75) is 6.54 Å². The Labute approximate surface area is 106 Å². The van der Waals surface area contributed by atoms with Gasteiger partial charge in [-0.05, 0) is 18.7 Å². The first-order valence-corrected chi connectivity index (χ1v) is 6.02. The average molecular weight is 250 g/mol. The predicted octanol–water partition coefficient (Wildman–Crippen LogP) is 0.805. The van der Waals surface area contributed by atoms with Crippen LogP contribution in [0.4, 0.5) is 11.4 Å². The summed E-state index contributed by atoms with van der Waals surface area (Å²) in [5.41, 5.74) is 7.17. The molecular weight excluding hydrogens is 232 g/mol. The van der Waals surface area contributed by atoms with Crippen LogP contribution in [-0.2, 0) is 6.54 Å². The van der Waals surface area contributed by atoms with Gasteiger partial charge in [0, 0.05) is 38.8 Å². The lowest BCUT2D eigenvalue weighted by atomic mass is 10.1. The molecule has 0 aromatic heterocycles. The van der Waals surface area contributed by atoms with Crippen LogP contribution in [0.5, 0.6) is 0 Å². The van der Waals surface area contributed by atoms with Crippen molar-refractivity contribution in [3.8, 4) is 0 Å². The Morgan fingerprint density at radius 1 is 1.33 bits per heavy atom. The monoisotopic (exact) mass is 250 g/mol. The third kappa shape index (κ3) is 2.60.